The highest BCUT2D eigenvalue weighted by Crippen LogP contribution is 2.18. The highest BCUT2D eigenvalue weighted by Gasteiger charge is 2.03. The van der Waals surface area contributed by atoms with E-state index in [0.717, 1.165) is 28.9 Å². The second-order valence-electron chi connectivity index (χ2n) is 4.03. The average molecular weight is 264 g/mol. The van der Waals surface area contributed by atoms with E-state index in [1.54, 1.807) is 18.2 Å². The number of carbonyl (C=O) groups excluding carboxylic acids is 1. The van der Waals surface area contributed by atoms with Gasteiger partial charge >= 0.3 is 0 Å². The summed E-state index contributed by atoms with van der Waals surface area (Å²) < 4.78 is 26.5. The first-order valence-corrected chi connectivity index (χ1v) is 7.12. The third kappa shape index (κ3) is 3.15. The van der Waals surface area contributed by atoms with E-state index in [4.69, 9.17) is 4.18 Å². The topological polar surface area (TPSA) is 60.4 Å². The second-order valence-corrected chi connectivity index (χ2v) is 5.67. The van der Waals surface area contributed by atoms with Gasteiger partial charge < -0.3 is 0 Å². The van der Waals surface area contributed by atoms with Crippen LogP contribution in [0.3, 0.4) is 0 Å². The number of fused-ring (bicyclic) bond motifs is 1. The van der Waals surface area contributed by atoms with Gasteiger partial charge in [0, 0.05) is 5.56 Å². The lowest BCUT2D eigenvalue weighted by Crippen LogP contribution is -2.02. The van der Waals surface area contributed by atoms with Gasteiger partial charge in [-0.1, -0.05) is 24.3 Å². The van der Waals surface area contributed by atoms with E-state index in [2.05, 4.69) is 0 Å². The van der Waals surface area contributed by atoms with E-state index >= 15 is 0 Å². The third-order valence-electron chi connectivity index (χ3n) is 2.50. The zero-order valence-electron chi connectivity index (χ0n) is 9.79. The number of rotatable bonds is 4. The number of aldehydes is 1. The third-order valence-corrected chi connectivity index (χ3v) is 3.05. The van der Waals surface area contributed by atoms with E-state index in [9.17, 15) is 13.2 Å². The zero-order valence-corrected chi connectivity index (χ0v) is 10.6. The lowest BCUT2D eigenvalue weighted by Gasteiger charge is -2.04. The quantitative estimate of drug-likeness (QED) is 0.627. The van der Waals surface area contributed by atoms with E-state index < -0.39 is 10.1 Å². The maximum absolute atomic E-state index is 10.9. The zero-order chi connectivity index (χ0) is 13.2. The van der Waals surface area contributed by atoms with Crippen molar-refractivity contribution in [2.75, 3.05) is 6.26 Å². The lowest BCUT2D eigenvalue weighted by molar-refractivity contribution is 0.112. The summed E-state index contributed by atoms with van der Waals surface area (Å²) in [5.74, 6) is 0. The lowest BCUT2D eigenvalue weighted by atomic mass is 10.1. The van der Waals surface area contributed by atoms with Crippen molar-refractivity contribution in [2.24, 2.45) is 0 Å². The number of hydrogen-bond donors (Lipinski definition) is 0. The Labute approximate surface area is 105 Å². The van der Waals surface area contributed by atoms with Gasteiger partial charge in [-0.2, -0.15) is 8.42 Å². The van der Waals surface area contributed by atoms with E-state index in [1.165, 1.54) is 0 Å². The molecule has 0 aliphatic heterocycles. The Kier molecular flexibility index (Phi) is 3.45. The average Bonchev–Trinajstić information content (AvgIpc) is 2.34. The van der Waals surface area contributed by atoms with Crippen LogP contribution in [0.5, 0.6) is 0 Å². The normalized spacial score (nSPS) is 11.6. The van der Waals surface area contributed by atoms with Crippen LogP contribution in [0.15, 0.2) is 36.4 Å². The molecule has 0 atom stereocenters. The molecular formula is C13H12O4S. The first kappa shape index (κ1) is 12.7. The summed E-state index contributed by atoms with van der Waals surface area (Å²) in [6, 6.07) is 10.8. The predicted molar refractivity (Wildman–Crippen MR) is 69.0 cm³/mol. The molecule has 0 fully saturated rings. The van der Waals surface area contributed by atoms with Gasteiger partial charge in [-0.05, 0) is 28.5 Å². The summed E-state index contributed by atoms with van der Waals surface area (Å²) in [6.45, 7) is 0.0000895. The monoisotopic (exact) mass is 264 g/mol. The van der Waals surface area contributed by atoms with E-state index in [1.807, 2.05) is 18.2 Å². The minimum absolute atomic E-state index is 0.0000895. The first-order valence-electron chi connectivity index (χ1n) is 5.30. The molecule has 0 aliphatic rings. The minimum atomic E-state index is -3.44. The molecule has 0 saturated heterocycles. The van der Waals surface area contributed by atoms with E-state index in [-0.39, 0.29) is 6.61 Å². The summed E-state index contributed by atoms with van der Waals surface area (Å²) in [6.07, 6.45) is 1.79. The number of benzene rings is 2. The van der Waals surface area contributed by atoms with Gasteiger partial charge in [0.1, 0.15) is 6.29 Å². The molecule has 0 amide bonds. The van der Waals surface area contributed by atoms with Crippen molar-refractivity contribution in [1.29, 1.82) is 0 Å². The summed E-state index contributed by atoms with van der Waals surface area (Å²) >= 11 is 0. The largest absolute Gasteiger partial charge is 0.298 e. The molecular weight excluding hydrogens is 252 g/mol. The number of carbonyl (C=O) groups is 1. The molecule has 0 heterocycles. The molecule has 0 saturated carbocycles. The molecule has 0 aromatic heterocycles. The fourth-order valence-electron chi connectivity index (χ4n) is 1.65. The smallest absolute Gasteiger partial charge is 0.264 e. The Hall–Kier alpha value is -1.72. The number of hydrogen-bond acceptors (Lipinski definition) is 4. The Morgan fingerprint density at radius 3 is 2.50 bits per heavy atom. The molecule has 0 aliphatic carbocycles. The molecule has 4 nitrogen and oxygen atoms in total. The Morgan fingerprint density at radius 1 is 1.11 bits per heavy atom. The molecule has 0 spiro atoms. The van der Waals surface area contributed by atoms with Crippen LogP contribution < -0.4 is 0 Å². The Morgan fingerprint density at radius 2 is 1.83 bits per heavy atom. The predicted octanol–water partition coefficient (Wildman–Crippen LogP) is 2.13. The summed E-state index contributed by atoms with van der Waals surface area (Å²) in [7, 11) is -3.44. The fraction of sp³-hybridized carbons (Fsp3) is 0.154. The van der Waals surface area contributed by atoms with Crippen molar-refractivity contribution in [3.8, 4) is 0 Å². The SMILES string of the molecule is CS(=O)(=O)OCc1ccc2ccc(C=O)cc2c1. The van der Waals surface area contributed by atoms with Crippen LogP contribution in [0.1, 0.15) is 15.9 Å². The molecule has 2 aromatic carbocycles. The van der Waals surface area contributed by atoms with Crippen LogP contribution in [0, 0.1) is 0 Å². The Balaban J connectivity index is 2.33. The van der Waals surface area contributed by atoms with Gasteiger partial charge in [-0.15, -0.1) is 0 Å². The van der Waals surface area contributed by atoms with Crippen molar-refractivity contribution < 1.29 is 17.4 Å². The van der Waals surface area contributed by atoms with Crippen molar-refractivity contribution in [3.05, 3.63) is 47.5 Å². The first-order chi connectivity index (χ1) is 8.48. The van der Waals surface area contributed by atoms with Crippen molar-refractivity contribution in [1.82, 2.24) is 0 Å². The van der Waals surface area contributed by atoms with Gasteiger partial charge in [0.05, 0.1) is 12.9 Å². The van der Waals surface area contributed by atoms with Gasteiger partial charge in [0.2, 0.25) is 0 Å². The molecule has 2 rings (SSSR count). The summed E-state index contributed by atoms with van der Waals surface area (Å²) in [5.41, 5.74) is 1.33. The highest BCUT2D eigenvalue weighted by molar-refractivity contribution is 7.85. The molecule has 0 bridgehead atoms. The molecule has 2 aromatic rings. The molecule has 5 heteroatoms. The summed E-state index contributed by atoms with van der Waals surface area (Å²) in [5, 5.41) is 1.87. The van der Waals surface area contributed by atoms with Crippen molar-refractivity contribution in [2.45, 2.75) is 6.61 Å². The minimum Gasteiger partial charge on any atom is -0.298 e. The highest BCUT2D eigenvalue weighted by atomic mass is 32.2. The molecule has 0 N–H and O–H groups in total. The van der Waals surface area contributed by atoms with Gasteiger partial charge in [-0.3, -0.25) is 8.98 Å². The molecule has 18 heavy (non-hydrogen) atoms. The van der Waals surface area contributed by atoms with Crippen molar-refractivity contribution >= 4 is 27.2 Å². The van der Waals surface area contributed by atoms with Crippen LogP contribution in [0.4, 0.5) is 0 Å². The van der Waals surface area contributed by atoms with Crippen molar-refractivity contribution in [3.63, 3.8) is 0 Å². The van der Waals surface area contributed by atoms with Crippen LogP contribution >= 0.6 is 0 Å². The fourth-order valence-corrected chi connectivity index (χ4v) is 2.00. The standard InChI is InChI=1S/C13H12O4S/c1-18(15,16)17-9-11-3-5-12-4-2-10(8-14)6-13(12)7-11/h2-8H,9H2,1H3. The van der Waals surface area contributed by atoms with Crippen LogP contribution in [-0.2, 0) is 20.9 Å². The van der Waals surface area contributed by atoms with Crippen LogP contribution in [0.2, 0.25) is 0 Å². The molecule has 0 unspecified atom stereocenters. The molecule has 94 valence electrons. The second kappa shape index (κ2) is 4.88. The van der Waals surface area contributed by atoms with Gasteiger partial charge in [0.25, 0.3) is 10.1 Å². The molecule has 0 radical (unpaired) electrons. The maximum Gasteiger partial charge on any atom is 0.264 e. The van der Waals surface area contributed by atoms with Crippen LogP contribution in [0.25, 0.3) is 10.8 Å². The van der Waals surface area contributed by atoms with Crippen LogP contribution in [-0.4, -0.2) is 21.0 Å². The van der Waals surface area contributed by atoms with E-state index in [0.29, 0.717) is 5.56 Å². The summed E-state index contributed by atoms with van der Waals surface area (Å²) in [4.78, 5) is 10.7. The van der Waals surface area contributed by atoms with Gasteiger partial charge in [0.15, 0.2) is 0 Å². The maximum atomic E-state index is 10.9. The Bertz CT molecular complexity index is 689. The van der Waals surface area contributed by atoms with Gasteiger partial charge in [-0.25, -0.2) is 0 Å².